The number of thiophene rings is 1. The molecular weight excluding hydrogens is 506 g/mol. The molecule has 0 radical (unpaired) electrons. The average molecular weight is 544 g/mol. The lowest BCUT2D eigenvalue weighted by Crippen LogP contribution is -2.41. The molecule has 1 spiro atoms. The molecule has 0 saturated carbocycles. The lowest BCUT2D eigenvalue weighted by Gasteiger charge is -2.39. The van der Waals surface area contributed by atoms with Crippen LogP contribution in [0.5, 0.6) is 0 Å². The van der Waals surface area contributed by atoms with Gasteiger partial charge in [0.05, 0.1) is 13.1 Å². The molecule has 6 rings (SSSR count). The van der Waals surface area contributed by atoms with Gasteiger partial charge in [-0.15, -0.1) is 11.3 Å². The van der Waals surface area contributed by atoms with Gasteiger partial charge in [-0.3, -0.25) is 14.6 Å². The highest BCUT2D eigenvalue weighted by Crippen LogP contribution is 2.41. The van der Waals surface area contributed by atoms with Gasteiger partial charge in [0.25, 0.3) is 5.91 Å². The molecule has 0 unspecified atom stereocenters. The Labute approximate surface area is 234 Å². The molecule has 2 saturated heterocycles. The van der Waals surface area contributed by atoms with E-state index in [0.717, 1.165) is 31.3 Å². The highest BCUT2D eigenvalue weighted by Gasteiger charge is 2.40. The van der Waals surface area contributed by atoms with Crippen LogP contribution in [0.25, 0.3) is 0 Å². The molecule has 1 amide bonds. The number of likely N-dealkylation sites (tertiary alicyclic amines) is 2. The van der Waals surface area contributed by atoms with Crippen LogP contribution >= 0.6 is 11.3 Å². The summed E-state index contributed by atoms with van der Waals surface area (Å²) in [4.78, 5) is 38.1. The van der Waals surface area contributed by atoms with E-state index in [1.165, 1.54) is 54.2 Å². The number of imidazole rings is 2. The molecule has 0 aliphatic carbocycles. The second-order valence-electron chi connectivity index (χ2n) is 11.2. The average Bonchev–Trinajstić information content (AvgIpc) is 3.76. The Hall–Kier alpha value is -3.27. The summed E-state index contributed by atoms with van der Waals surface area (Å²) in [7, 11) is 0. The van der Waals surface area contributed by atoms with Crippen molar-refractivity contribution < 1.29 is 4.79 Å². The second kappa shape index (κ2) is 11.5. The Balaban J connectivity index is 1.03. The smallest absolute Gasteiger partial charge is 0.254 e. The zero-order valence-electron chi connectivity index (χ0n) is 22.6. The fourth-order valence-electron chi connectivity index (χ4n) is 6.07. The van der Waals surface area contributed by atoms with E-state index in [1.54, 1.807) is 29.7 Å². The summed E-state index contributed by atoms with van der Waals surface area (Å²) in [5.41, 5.74) is 2.41. The van der Waals surface area contributed by atoms with Crippen molar-refractivity contribution in [3.63, 3.8) is 0 Å². The standard InChI is InChI=1S/C30H37N7OS/c1-23-2-7-26(39-23)19-35-15-8-30(9-16-35)10-17-36(22-30)18-24-3-5-25(6-4-24)29(38)37(20-27-31-11-12-32-27)21-28-33-13-14-34-28/h2-7,11-14H,8-10,15-22H2,1H3,(H,31,32)(H,33,34). The molecule has 2 N–H and O–H groups in total. The van der Waals surface area contributed by atoms with Crippen LogP contribution in [0, 0.1) is 12.3 Å². The van der Waals surface area contributed by atoms with Crippen LogP contribution in [0.3, 0.4) is 0 Å². The summed E-state index contributed by atoms with van der Waals surface area (Å²) >= 11 is 1.93. The van der Waals surface area contributed by atoms with Gasteiger partial charge in [0, 0.05) is 59.7 Å². The second-order valence-corrected chi connectivity index (χ2v) is 12.6. The molecule has 0 atom stereocenters. The molecule has 0 bridgehead atoms. The Morgan fingerprint density at radius 1 is 0.897 bits per heavy atom. The SMILES string of the molecule is Cc1ccc(CN2CCC3(CC2)CCN(Cc2ccc(C(=O)N(Cc4ncc[nH]4)Cc4ncc[nH]4)cc2)C3)s1. The van der Waals surface area contributed by atoms with E-state index in [1.807, 2.05) is 23.5 Å². The van der Waals surface area contributed by atoms with Gasteiger partial charge in [-0.05, 0) is 81.1 Å². The number of aromatic amines is 2. The zero-order chi connectivity index (χ0) is 26.7. The van der Waals surface area contributed by atoms with Gasteiger partial charge in [0.2, 0.25) is 0 Å². The quantitative estimate of drug-likeness (QED) is 0.316. The molecule has 9 heteroatoms. The maximum Gasteiger partial charge on any atom is 0.254 e. The fraction of sp³-hybridized carbons (Fsp3) is 0.433. The molecular formula is C30H37N7OS. The molecule has 2 fully saturated rings. The highest BCUT2D eigenvalue weighted by atomic mass is 32.1. The number of carbonyl (C=O) groups excluding carboxylic acids is 1. The zero-order valence-corrected chi connectivity index (χ0v) is 23.4. The molecule has 4 aromatic rings. The number of carbonyl (C=O) groups is 1. The van der Waals surface area contributed by atoms with Crippen molar-refractivity contribution in [2.45, 2.75) is 52.4 Å². The maximum atomic E-state index is 13.4. The van der Waals surface area contributed by atoms with Gasteiger partial charge in [0.15, 0.2) is 0 Å². The first-order chi connectivity index (χ1) is 19.0. The summed E-state index contributed by atoms with van der Waals surface area (Å²) in [5.74, 6) is 1.47. The predicted octanol–water partition coefficient (Wildman–Crippen LogP) is 4.83. The minimum atomic E-state index is -0.0288. The van der Waals surface area contributed by atoms with Crippen molar-refractivity contribution in [1.29, 1.82) is 0 Å². The minimum absolute atomic E-state index is 0.0288. The van der Waals surface area contributed by atoms with Gasteiger partial charge >= 0.3 is 0 Å². The van der Waals surface area contributed by atoms with Crippen molar-refractivity contribution in [3.8, 4) is 0 Å². The Kier molecular flexibility index (Phi) is 7.63. The van der Waals surface area contributed by atoms with Crippen LogP contribution in [0.15, 0.2) is 61.2 Å². The fourth-order valence-corrected chi connectivity index (χ4v) is 7.00. The van der Waals surface area contributed by atoms with Crippen LogP contribution < -0.4 is 0 Å². The number of piperidine rings is 1. The third-order valence-electron chi connectivity index (χ3n) is 8.29. The molecule has 1 aromatic carbocycles. The van der Waals surface area contributed by atoms with Gasteiger partial charge in [-0.2, -0.15) is 0 Å². The number of nitrogens with zero attached hydrogens (tertiary/aromatic N) is 5. The molecule has 204 valence electrons. The summed E-state index contributed by atoms with van der Waals surface area (Å²) in [6.07, 6.45) is 10.8. The van der Waals surface area contributed by atoms with E-state index in [0.29, 0.717) is 24.1 Å². The lowest BCUT2D eigenvalue weighted by atomic mass is 9.78. The lowest BCUT2D eigenvalue weighted by molar-refractivity contribution is 0.0721. The van der Waals surface area contributed by atoms with Crippen molar-refractivity contribution in [2.24, 2.45) is 5.41 Å². The van der Waals surface area contributed by atoms with E-state index in [-0.39, 0.29) is 5.91 Å². The number of hydrogen-bond acceptors (Lipinski definition) is 6. The van der Waals surface area contributed by atoms with Crippen molar-refractivity contribution >= 4 is 17.2 Å². The summed E-state index contributed by atoms with van der Waals surface area (Å²) in [6, 6.07) is 12.7. The van der Waals surface area contributed by atoms with Crippen molar-refractivity contribution in [1.82, 2.24) is 34.6 Å². The first-order valence-corrected chi connectivity index (χ1v) is 14.7. The molecule has 8 nitrogen and oxygen atoms in total. The Morgan fingerprint density at radius 2 is 1.54 bits per heavy atom. The topological polar surface area (TPSA) is 84.2 Å². The molecule has 2 aliphatic rings. The number of amides is 1. The molecule has 2 aliphatic heterocycles. The van der Waals surface area contributed by atoms with E-state index >= 15 is 0 Å². The Bertz CT molecular complexity index is 1300. The van der Waals surface area contributed by atoms with E-state index in [4.69, 9.17) is 0 Å². The number of benzene rings is 1. The first kappa shape index (κ1) is 26.0. The van der Waals surface area contributed by atoms with Gasteiger partial charge in [-0.25, -0.2) is 9.97 Å². The van der Waals surface area contributed by atoms with Gasteiger partial charge in [-0.1, -0.05) is 12.1 Å². The van der Waals surface area contributed by atoms with Crippen LogP contribution in [0.4, 0.5) is 0 Å². The normalized spacial score (nSPS) is 17.7. The number of hydrogen-bond donors (Lipinski definition) is 2. The first-order valence-electron chi connectivity index (χ1n) is 13.9. The third kappa shape index (κ3) is 6.32. The van der Waals surface area contributed by atoms with E-state index in [9.17, 15) is 4.79 Å². The number of aryl methyl sites for hydroxylation is 1. The van der Waals surface area contributed by atoms with Crippen LogP contribution in [0.2, 0.25) is 0 Å². The number of aromatic nitrogens is 4. The van der Waals surface area contributed by atoms with Crippen LogP contribution in [-0.4, -0.2) is 66.7 Å². The van der Waals surface area contributed by atoms with E-state index in [2.05, 4.69) is 60.9 Å². The Morgan fingerprint density at radius 3 is 2.10 bits per heavy atom. The number of H-pyrrole nitrogens is 2. The predicted molar refractivity (Wildman–Crippen MR) is 153 cm³/mol. The largest absolute Gasteiger partial charge is 0.347 e. The van der Waals surface area contributed by atoms with Gasteiger partial charge in [0.1, 0.15) is 11.6 Å². The summed E-state index contributed by atoms with van der Waals surface area (Å²) < 4.78 is 0. The highest BCUT2D eigenvalue weighted by molar-refractivity contribution is 7.11. The number of nitrogens with one attached hydrogen (secondary N) is 2. The van der Waals surface area contributed by atoms with Crippen molar-refractivity contribution in [3.05, 3.63) is 93.7 Å². The molecule has 39 heavy (non-hydrogen) atoms. The molecule has 5 heterocycles. The van der Waals surface area contributed by atoms with Crippen LogP contribution in [-0.2, 0) is 26.2 Å². The monoisotopic (exact) mass is 543 g/mol. The summed E-state index contributed by atoms with van der Waals surface area (Å²) in [5, 5.41) is 0. The number of rotatable bonds is 9. The van der Waals surface area contributed by atoms with Crippen LogP contribution in [0.1, 0.15) is 56.6 Å². The summed E-state index contributed by atoms with van der Waals surface area (Å²) in [6.45, 7) is 9.77. The molecule has 3 aromatic heterocycles. The third-order valence-corrected chi connectivity index (χ3v) is 9.28. The minimum Gasteiger partial charge on any atom is -0.347 e. The maximum absolute atomic E-state index is 13.4. The van der Waals surface area contributed by atoms with E-state index < -0.39 is 0 Å². The van der Waals surface area contributed by atoms with Gasteiger partial charge < -0.3 is 14.9 Å². The van der Waals surface area contributed by atoms with Crippen molar-refractivity contribution in [2.75, 3.05) is 26.2 Å².